The summed E-state index contributed by atoms with van der Waals surface area (Å²) in [7, 11) is 0. The van der Waals surface area contributed by atoms with Gasteiger partial charge < -0.3 is 5.11 Å². The van der Waals surface area contributed by atoms with Gasteiger partial charge in [-0.2, -0.15) is 0 Å². The first kappa shape index (κ1) is 23.0. The SMILES string of the molecule is CC(=O)C1(CCCCCCc2ccccc2CCCCCCC2(C(=O)O)CC2)CC1. The van der Waals surface area contributed by atoms with Crippen molar-refractivity contribution in [3.63, 3.8) is 0 Å². The zero-order valence-corrected chi connectivity index (χ0v) is 18.9. The largest absolute Gasteiger partial charge is 0.481 e. The van der Waals surface area contributed by atoms with Gasteiger partial charge >= 0.3 is 5.97 Å². The highest BCUT2D eigenvalue weighted by molar-refractivity contribution is 5.84. The molecule has 2 saturated carbocycles. The Kier molecular flexibility index (Phi) is 8.13. The van der Waals surface area contributed by atoms with E-state index in [1.165, 1.54) is 49.7 Å². The van der Waals surface area contributed by atoms with Gasteiger partial charge in [0.1, 0.15) is 5.78 Å². The zero-order chi connectivity index (χ0) is 21.5. The predicted molar refractivity (Wildman–Crippen MR) is 122 cm³/mol. The Morgan fingerprint density at radius 1 is 0.733 bits per heavy atom. The van der Waals surface area contributed by atoms with Crippen LogP contribution >= 0.6 is 0 Å². The number of carboxylic acid groups (broad SMARTS) is 1. The molecule has 0 heterocycles. The molecule has 1 aromatic rings. The van der Waals surface area contributed by atoms with E-state index in [-0.39, 0.29) is 10.8 Å². The molecule has 3 nitrogen and oxygen atoms in total. The van der Waals surface area contributed by atoms with E-state index in [4.69, 9.17) is 0 Å². The van der Waals surface area contributed by atoms with Crippen LogP contribution in [0.25, 0.3) is 0 Å². The fourth-order valence-electron chi connectivity index (χ4n) is 4.96. The lowest BCUT2D eigenvalue weighted by Crippen LogP contribution is -2.14. The van der Waals surface area contributed by atoms with E-state index in [2.05, 4.69) is 24.3 Å². The van der Waals surface area contributed by atoms with Crippen molar-refractivity contribution in [2.75, 3.05) is 0 Å². The highest BCUT2D eigenvalue weighted by Gasteiger charge is 2.49. The van der Waals surface area contributed by atoms with E-state index in [9.17, 15) is 14.7 Å². The van der Waals surface area contributed by atoms with E-state index in [0.717, 1.165) is 64.2 Å². The number of carbonyl (C=O) groups is 2. The molecule has 1 aromatic carbocycles. The molecule has 3 heteroatoms. The lowest BCUT2D eigenvalue weighted by molar-refractivity contribution is -0.143. The predicted octanol–water partition coefficient (Wildman–Crippen LogP) is 6.91. The fourth-order valence-corrected chi connectivity index (χ4v) is 4.96. The van der Waals surface area contributed by atoms with Gasteiger partial charge in [-0.3, -0.25) is 9.59 Å². The van der Waals surface area contributed by atoms with Gasteiger partial charge in [-0.1, -0.05) is 62.8 Å². The van der Waals surface area contributed by atoms with Crippen molar-refractivity contribution in [2.45, 2.75) is 110 Å². The number of unbranched alkanes of at least 4 members (excludes halogenated alkanes) is 6. The highest BCUT2D eigenvalue weighted by Crippen LogP contribution is 2.51. The Morgan fingerprint density at radius 2 is 1.17 bits per heavy atom. The minimum atomic E-state index is -0.581. The zero-order valence-electron chi connectivity index (χ0n) is 18.9. The Bertz CT molecular complexity index is 652. The number of ketones is 1. The average Bonchev–Trinajstić information content (AvgIpc) is 3.64. The summed E-state index contributed by atoms with van der Waals surface area (Å²) in [5.74, 6) is -0.173. The van der Waals surface area contributed by atoms with Gasteiger partial charge in [-0.25, -0.2) is 0 Å². The molecule has 0 aromatic heterocycles. The minimum absolute atomic E-state index is 0.0828. The van der Waals surface area contributed by atoms with Crippen LogP contribution in [0.5, 0.6) is 0 Å². The number of hydrogen-bond donors (Lipinski definition) is 1. The molecule has 0 aliphatic heterocycles. The van der Waals surface area contributed by atoms with Crippen LogP contribution in [0.3, 0.4) is 0 Å². The fraction of sp³-hybridized carbons (Fsp3) is 0.704. The monoisotopic (exact) mass is 412 g/mol. The molecule has 0 bridgehead atoms. The summed E-state index contributed by atoms with van der Waals surface area (Å²) in [6.07, 6.45) is 17.8. The number of carboxylic acids is 1. The van der Waals surface area contributed by atoms with Crippen LogP contribution in [0.4, 0.5) is 0 Å². The smallest absolute Gasteiger partial charge is 0.309 e. The maximum Gasteiger partial charge on any atom is 0.309 e. The number of carbonyl (C=O) groups excluding carboxylic acids is 1. The summed E-state index contributed by atoms with van der Waals surface area (Å²) < 4.78 is 0. The molecule has 0 amide bonds. The Morgan fingerprint density at radius 3 is 1.57 bits per heavy atom. The minimum Gasteiger partial charge on any atom is -0.481 e. The van der Waals surface area contributed by atoms with Crippen LogP contribution in [0, 0.1) is 10.8 Å². The van der Waals surface area contributed by atoms with Crippen LogP contribution in [-0.4, -0.2) is 16.9 Å². The molecule has 0 radical (unpaired) electrons. The van der Waals surface area contributed by atoms with Crippen LogP contribution in [0.2, 0.25) is 0 Å². The number of benzene rings is 1. The van der Waals surface area contributed by atoms with E-state index in [1.807, 2.05) is 0 Å². The molecule has 3 rings (SSSR count). The topological polar surface area (TPSA) is 54.4 Å². The highest BCUT2D eigenvalue weighted by atomic mass is 16.4. The number of rotatable bonds is 16. The molecule has 30 heavy (non-hydrogen) atoms. The van der Waals surface area contributed by atoms with E-state index >= 15 is 0 Å². The van der Waals surface area contributed by atoms with Crippen molar-refractivity contribution in [1.29, 1.82) is 0 Å². The number of Topliss-reactive ketones (excluding diaryl/α,β-unsaturated/α-hetero) is 1. The number of aliphatic carboxylic acids is 1. The first-order valence-electron chi connectivity index (χ1n) is 12.3. The van der Waals surface area contributed by atoms with Crippen molar-refractivity contribution >= 4 is 11.8 Å². The standard InChI is InChI=1S/C27H40O3/c1-22(28)26(18-19-26)16-10-4-2-6-12-23-14-8-9-15-24(23)13-7-3-5-11-17-27(20-21-27)25(29)30/h8-9,14-15H,2-7,10-13,16-21H2,1H3,(H,29,30). The van der Waals surface area contributed by atoms with Gasteiger partial charge in [-0.15, -0.1) is 0 Å². The Hall–Kier alpha value is -1.64. The Labute approximate surface area is 182 Å². The number of aryl methyl sites for hydroxylation is 2. The summed E-state index contributed by atoms with van der Waals surface area (Å²) >= 11 is 0. The van der Waals surface area contributed by atoms with Gasteiger partial charge in [0.2, 0.25) is 0 Å². The second-order valence-electron chi connectivity index (χ2n) is 10.0. The summed E-state index contributed by atoms with van der Waals surface area (Å²) in [5.41, 5.74) is 2.73. The van der Waals surface area contributed by atoms with Crippen molar-refractivity contribution in [3.05, 3.63) is 35.4 Å². The third-order valence-corrected chi connectivity index (χ3v) is 7.73. The summed E-state index contributed by atoms with van der Waals surface area (Å²) in [5, 5.41) is 9.25. The first-order valence-corrected chi connectivity index (χ1v) is 12.3. The van der Waals surface area contributed by atoms with Gasteiger partial charge in [0.05, 0.1) is 5.41 Å². The maximum absolute atomic E-state index is 11.7. The molecule has 1 N–H and O–H groups in total. The van der Waals surface area contributed by atoms with Gasteiger partial charge in [0, 0.05) is 5.41 Å². The summed E-state index contributed by atoms with van der Waals surface area (Å²) in [6, 6.07) is 8.87. The molecule has 0 atom stereocenters. The molecular formula is C27H40O3. The van der Waals surface area contributed by atoms with Crippen molar-refractivity contribution in [1.82, 2.24) is 0 Å². The molecule has 2 aliphatic carbocycles. The third-order valence-electron chi connectivity index (χ3n) is 7.73. The van der Waals surface area contributed by atoms with E-state index in [1.54, 1.807) is 6.92 Å². The lowest BCUT2D eigenvalue weighted by Gasteiger charge is -2.12. The van der Waals surface area contributed by atoms with Crippen LogP contribution < -0.4 is 0 Å². The molecule has 166 valence electrons. The molecule has 0 saturated heterocycles. The van der Waals surface area contributed by atoms with Gasteiger partial charge in [0.15, 0.2) is 0 Å². The van der Waals surface area contributed by atoms with Crippen LogP contribution in [0.1, 0.15) is 108 Å². The van der Waals surface area contributed by atoms with E-state index < -0.39 is 5.97 Å². The van der Waals surface area contributed by atoms with Crippen molar-refractivity contribution < 1.29 is 14.7 Å². The first-order chi connectivity index (χ1) is 14.5. The molecule has 2 aliphatic rings. The van der Waals surface area contributed by atoms with Crippen LogP contribution in [-0.2, 0) is 22.4 Å². The molecule has 0 spiro atoms. The summed E-state index contributed by atoms with van der Waals surface area (Å²) in [4.78, 5) is 22.9. The quantitative estimate of drug-likeness (QED) is 0.300. The lowest BCUT2D eigenvalue weighted by atomic mass is 9.93. The average molecular weight is 413 g/mol. The maximum atomic E-state index is 11.7. The summed E-state index contributed by atoms with van der Waals surface area (Å²) in [6.45, 7) is 1.77. The van der Waals surface area contributed by atoms with Gasteiger partial charge in [0.25, 0.3) is 0 Å². The van der Waals surface area contributed by atoms with Crippen molar-refractivity contribution in [2.24, 2.45) is 10.8 Å². The van der Waals surface area contributed by atoms with Gasteiger partial charge in [-0.05, 0) is 82.3 Å². The molecule has 0 unspecified atom stereocenters. The Balaban J connectivity index is 1.27. The second-order valence-corrected chi connectivity index (χ2v) is 10.0. The second kappa shape index (κ2) is 10.6. The molecule has 2 fully saturated rings. The number of hydrogen-bond acceptors (Lipinski definition) is 2. The van der Waals surface area contributed by atoms with E-state index in [0.29, 0.717) is 5.78 Å². The normalized spacial score (nSPS) is 18.2. The third kappa shape index (κ3) is 6.43. The van der Waals surface area contributed by atoms with Crippen molar-refractivity contribution in [3.8, 4) is 0 Å². The molecular weight excluding hydrogens is 372 g/mol. The van der Waals surface area contributed by atoms with Crippen LogP contribution in [0.15, 0.2) is 24.3 Å².